The van der Waals surface area contributed by atoms with Crippen molar-refractivity contribution in [3.63, 3.8) is 0 Å². The van der Waals surface area contributed by atoms with Crippen molar-refractivity contribution < 1.29 is 43.4 Å². The normalized spacial score (nSPS) is 18.0. The molecule has 0 aliphatic carbocycles. The highest BCUT2D eigenvalue weighted by Crippen LogP contribution is 2.41. The molecule has 19 nitrogen and oxygen atoms in total. The van der Waals surface area contributed by atoms with Crippen LogP contribution >= 0.6 is 34.9 Å². The standard InChI is InChI=1S/C27H36N10O9S3/c1-26(2,3)45-15(38)9-44-33-16(14-12-48-23(28)30-14)19(39)31-17-20(40)37-18(22(41)42)13(10-47-21(17)37)11-49-24-32-34-35-36(24)8-7-29-25(43)46-27(4,5)6/h12,17,21H,7-11H2,1-6H3,(H2,28,30)(H,29,43)(H,31,39)(H,41,42)/t17?,21-/m0/s1. The number of esters is 1. The van der Waals surface area contributed by atoms with Gasteiger partial charge in [0.2, 0.25) is 11.8 Å². The number of oxime groups is 1. The lowest BCUT2D eigenvalue weighted by molar-refractivity contribution is -0.160. The molecule has 2 atom stereocenters. The number of rotatable bonds is 13. The Balaban J connectivity index is 1.40. The number of nitrogens with one attached hydrogen (secondary N) is 2. The number of carbonyl (C=O) groups is 5. The lowest BCUT2D eigenvalue weighted by atomic mass is 10.0. The number of nitrogens with two attached hydrogens (primary N) is 1. The summed E-state index contributed by atoms with van der Waals surface area (Å²) >= 11 is 3.48. The number of carbonyl (C=O) groups excluding carboxylic acids is 4. The van der Waals surface area contributed by atoms with Crippen LogP contribution in [-0.2, 0) is 40.0 Å². The minimum absolute atomic E-state index is 0.0532. The van der Waals surface area contributed by atoms with Gasteiger partial charge in [0.1, 0.15) is 34.0 Å². The number of nitrogens with zero attached hydrogens (tertiary/aromatic N) is 7. The molecule has 1 saturated heterocycles. The Kier molecular flexibility index (Phi) is 11.8. The number of amides is 3. The third-order valence-corrected chi connectivity index (χ3v) is 9.20. The lowest BCUT2D eigenvalue weighted by Crippen LogP contribution is -2.71. The van der Waals surface area contributed by atoms with Gasteiger partial charge in [-0.2, -0.15) is 0 Å². The van der Waals surface area contributed by atoms with Gasteiger partial charge in [0.05, 0.1) is 6.54 Å². The summed E-state index contributed by atoms with van der Waals surface area (Å²) in [5.74, 6) is -3.13. The second kappa shape index (κ2) is 15.4. The third-order valence-electron chi connectivity index (χ3n) is 6.14. The summed E-state index contributed by atoms with van der Waals surface area (Å²) in [5, 5.41) is 31.9. The molecular weight excluding hydrogens is 705 g/mol. The SMILES string of the molecule is CC(C)(C)OC(=O)CON=C(C(=O)NC1C(=O)N2C(C(=O)O)=C(CSc3nnnn3CCNC(=O)OC(C)(C)C)CS[C@@H]12)c1csc(N)n1. The summed E-state index contributed by atoms with van der Waals surface area (Å²) in [7, 11) is 0. The van der Waals surface area contributed by atoms with Gasteiger partial charge in [0.25, 0.3) is 11.8 Å². The van der Waals surface area contributed by atoms with E-state index in [0.29, 0.717) is 10.7 Å². The Bertz CT molecular complexity index is 1660. The van der Waals surface area contributed by atoms with Crippen molar-refractivity contribution in [2.45, 2.75) is 75.9 Å². The van der Waals surface area contributed by atoms with Gasteiger partial charge in [-0.15, -0.1) is 28.2 Å². The number of hydrogen-bond acceptors (Lipinski definition) is 17. The summed E-state index contributed by atoms with van der Waals surface area (Å²) in [4.78, 5) is 73.2. The van der Waals surface area contributed by atoms with E-state index in [1.165, 1.54) is 33.6 Å². The highest BCUT2D eigenvalue weighted by atomic mass is 32.2. The summed E-state index contributed by atoms with van der Waals surface area (Å²) in [6.45, 7) is 10.1. The van der Waals surface area contributed by atoms with Crippen LogP contribution in [0.15, 0.2) is 27.0 Å². The van der Waals surface area contributed by atoms with Crippen molar-refractivity contribution in [1.29, 1.82) is 0 Å². The largest absolute Gasteiger partial charge is 0.477 e. The summed E-state index contributed by atoms with van der Waals surface area (Å²) in [6, 6.07) is -1.09. The van der Waals surface area contributed by atoms with Crippen LogP contribution in [0, 0.1) is 0 Å². The molecule has 2 aromatic heterocycles. The van der Waals surface area contributed by atoms with E-state index in [0.717, 1.165) is 16.2 Å². The molecule has 5 N–H and O–H groups in total. The fraction of sp³-hybridized carbons (Fsp3) is 0.556. The second-order valence-electron chi connectivity index (χ2n) is 12.4. The van der Waals surface area contributed by atoms with E-state index in [1.54, 1.807) is 41.5 Å². The quantitative estimate of drug-likeness (QED) is 0.0729. The maximum atomic E-state index is 13.3. The number of alkyl carbamates (subject to hydrolysis) is 1. The van der Waals surface area contributed by atoms with E-state index in [1.807, 2.05) is 0 Å². The third kappa shape index (κ3) is 10.0. The molecule has 0 radical (unpaired) electrons. The highest BCUT2D eigenvalue weighted by Gasteiger charge is 2.54. The first-order chi connectivity index (χ1) is 22.9. The Labute approximate surface area is 292 Å². The Hall–Kier alpha value is -4.44. The van der Waals surface area contributed by atoms with Crippen LogP contribution in [0.2, 0.25) is 0 Å². The monoisotopic (exact) mass is 740 g/mol. The van der Waals surface area contributed by atoms with Gasteiger partial charge in [0, 0.05) is 23.4 Å². The number of tetrazole rings is 1. The molecular formula is C27H36N10O9S3. The molecule has 0 bridgehead atoms. The van der Waals surface area contributed by atoms with Crippen molar-refractivity contribution in [2.24, 2.45) is 5.16 Å². The molecule has 2 aliphatic rings. The van der Waals surface area contributed by atoms with E-state index < -0.39 is 59.1 Å². The maximum absolute atomic E-state index is 13.3. The van der Waals surface area contributed by atoms with Gasteiger partial charge in [-0.25, -0.2) is 24.0 Å². The zero-order valence-corrected chi connectivity index (χ0v) is 29.9. The topological polar surface area (TPSA) is 255 Å². The van der Waals surface area contributed by atoms with E-state index >= 15 is 0 Å². The molecule has 0 spiro atoms. The molecule has 22 heteroatoms. The predicted octanol–water partition coefficient (Wildman–Crippen LogP) is 0.830. The average Bonchev–Trinajstić information content (AvgIpc) is 3.62. The summed E-state index contributed by atoms with van der Waals surface area (Å²) < 4.78 is 11.8. The lowest BCUT2D eigenvalue weighted by Gasteiger charge is -2.49. The number of anilines is 1. The zero-order valence-electron chi connectivity index (χ0n) is 27.4. The first-order valence-electron chi connectivity index (χ1n) is 14.6. The maximum Gasteiger partial charge on any atom is 0.407 e. The smallest absolute Gasteiger partial charge is 0.407 e. The summed E-state index contributed by atoms with van der Waals surface area (Å²) in [5.41, 5.74) is 4.29. The molecule has 2 aliphatic heterocycles. The number of ether oxygens (including phenoxy) is 2. The zero-order chi connectivity index (χ0) is 36.1. The number of aromatic nitrogens is 5. The fourth-order valence-corrected chi connectivity index (χ4v) is 7.23. The van der Waals surface area contributed by atoms with Gasteiger partial charge in [-0.1, -0.05) is 16.9 Å². The van der Waals surface area contributed by atoms with Crippen molar-refractivity contribution in [3.05, 3.63) is 22.3 Å². The number of thioether (sulfide) groups is 2. The number of aliphatic carboxylic acids is 1. The van der Waals surface area contributed by atoms with Gasteiger partial charge in [-0.05, 0) is 57.5 Å². The molecule has 4 rings (SSSR count). The van der Waals surface area contributed by atoms with Crippen LogP contribution in [0.25, 0.3) is 0 Å². The van der Waals surface area contributed by atoms with Crippen molar-refractivity contribution in [1.82, 2.24) is 40.7 Å². The first-order valence-corrected chi connectivity index (χ1v) is 17.5. The van der Waals surface area contributed by atoms with Gasteiger partial charge in [0.15, 0.2) is 10.8 Å². The minimum atomic E-state index is -1.31. The van der Waals surface area contributed by atoms with E-state index in [-0.39, 0.29) is 46.8 Å². The van der Waals surface area contributed by atoms with E-state index in [2.05, 4.69) is 36.3 Å². The number of nitrogen functional groups attached to an aromatic ring is 1. The van der Waals surface area contributed by atoms with Crippen LogP contribution in [0.4, 0.5) is 9.93 Å². The predicted molar refractivity (Wildman–Crippen MR) is 177 cm³/mol. The van der Waals surface area contributed by atoms with Crippen LogP contribution < -0.4 is 16.4 Å². The van der Waals surface area contributed by atoms with E-state index in [9.17, 15) is 29.1 Å². The number of fused-ring (bicyclic) bond motifs is 1. The summed E-state index contributed by atoms with van der Waals surface area (Å²) in [6.07, 6.45) is -0.587. The number of hydrogen-bond donors (Lipinski definition) is 4. The molecule has 0 aromatic carbocycles. The minimum Gasteiger partial charge on any atom is -0.477 e. The molecule has 266 valence electrons. The molecule has 4 heterocycles. The van der Waals surface area contributed by atoms with Crippen molar-refractivity contribution in [2.75, 3.05) is 30.4 Å². The Morgan fingerprint density at radius 2 is 1.88 bits per heavy atom. The van der Waals surface area contributed by atoms with Crippen LogP contribution in [-0.4, -0.2) is 118 Å². The number of carboxylic acids is 1. The number of carboxylic acid groups (broad SMARTS) is 1. The highest BCUT2D eigenvalue weighted by molar-refractivity contribution is 8.01. The molecule has 1 fully saturated rings. The van der Waals surface area contributed by atoms with Crippen LogP contribution in [0.3, 0.4) is 0 Å². The first kappa shape index (κ1) is 37.4. The van der Waals surface area contributed by atoms with Gasteiger partial charge in [-0.3, -0.25) is 14.5 Å². The van der Waals surface area contributed by atoms with Crippen molar-refractivity contribution >= 4 is 75.6 Å². The second-order valence-corrected chi connectivity index (χ2v) is 15.3. The molecule has 3 amide bonds. The van der Waals surface area contributed by atoms with Gasteiger partial charge >= 0.3 is 18.0 Å². The van der Waals surface area contributed by atoms with Crippen LogP contribution in [0.1, 0.15) is 47.2 Å². The molecule has 1 unspecified atom stereocenters. The molecule has 0 saturated carbocycles. The van der Waals surface area contributed by atoms with Crippen molar-refractivity contribution in [3.8, 4) is 0 Å². The van der Waals surface area contributed by atoms with E-state index in [4.69, 9.17) is 20.0 Å². The average molecular weight is 741 g/mol. The van der Waals surface area contributed by atoms with Crippen LogP contribution in [0.5, 0.6) is 0 Å². The Morgan fingerprint density at radius 3 is 2.51 bits per heavy atom. The number of thiazole rings is 1. The van der Waals surface area contributed by atoms with Gasteiger partial charge < -0.3 is 35.8 Å². The Morgan fingerprint density at radius 1 is 1.16 bits per heavy atom. The molecule has 49 heavy (non-hydrogen) atoms. The fourth-order valence-electron chi connectivity index (χ4n) is 4.30. The number of β-lactam (4-membered cyclic amide) rings is 1. The molecule has 2 aromatic rings.